The van der Waals surface area contributed by atoms with Crippen molar-refractivity contribution in [3.8, 4) is 0 Å². The third kappa shape index (κ3) is 1.16. The summed E-state index contributed by atoms with van der Waals surface area (Å²) < 4.78 is 18.6. The van der Waals surface area contributed by atoms with Crippen LogP contribution in [-0.4, -0.2) is 12.6 Å². The Labute approximate surface area is 82.1 Å². The van der Waals surface area contributed by atoms with E-state index in [0.717, 1.165) is 24.1 Å². The number of hydrogen-bond acceptors (Lipinski definition) is 2. The molecule has 1 aromatic carbocycles. The average Bonchev–Trinajstić information content (AvgIpc) is 2.45. The summed E-state index contributed by atoms with van der Waals surface area (Å²) in [5.74, 6) is -0.172. The maximum Gasteiger partial charge on any atom is 0.123 e. The van der Waals surface area contributed by atoms with Crippen molar-refractivity contribution in [3.63, 3.8) is 0 Å². The lowest BCUT2D eigenvalue weighted by molar-refractivity contribution is 0.0193. The molecule has 0 aromatic heterocycles. The van der Waals surface area contributed by atoms with E-state index in [-0.39, 0.29) is 11.9 Å². The van der Waals surface area contributed by atoms with Gasteiger partial charge in [0, 0.05) is 6.04 Å². The molecule has 2 atom stereocenters. The number of hydrogen-bond donors (Lipinski definition) is 1. The molecule has 14 heavy (non-hydrogen) atoms. The van der Waals surface area contributed by atoms with E-state index in [0.29, 0.717) is 12.6 Å². The number of ether oxygens (including phenoxy) is 1. The molecule has 1 N–H and O–H groups in total. The lowest BCUT2D eigenvalue weighted by atomic mass is 9.94. The number of halogens is 1. The molecule has 3 heteroatoms. The normalized spacial score (nSPS) is 29.8. The fourth-order valence-corrected chi connectivity index (χ4v) is 2.15. The predicted octanol–water partition coefficient (Wildman–Crippen LogP) is 1.76. The Balaban J connectivity index is 1.93. The number of fused-ring (bicyclic) bond motifs is 1. The summed E-state index contributed by atoms with van der Waals surface area (Å²) in [6.45, 7) is 1.62. The van der Waals surface area contributed by atoms with Crippen molar-refractivity contribution < 1.29 is 9.13 Å². The first-order chi connectivity index (χ1) is 6.84. The Morgan fingerprint density at radius 2 is 2.29 bits per heavy atom. The fourth-order valence-electron chi connectivity index (χ4n) is 2.15. The van der Waals surface area contributed by atoms with Crippen LogP contribution in [0.15, 0.2) is 18.2 Å². The third-order valence-corrected chi connectivity index (χ3v) is 3.06. The van der Waals surface area contributed by atoms with Gasteiger partial charge in [0.05, 0.1) is 12.7 Å². The summed E-state index contributed by atoms with van der Waals surface area (Å²) in [5.41, 5.74) is 2.16. The SMILES string of the molecule is Fc1ccc2c(c1)COC2[C@@H]1CCN1. The van der Waals surface area contributed by atoms with Gasteiger partial charge in [0.2, 0.25) is 0 Å². The summed E-state index contributed by atoms with van der Waals surface area (Å²) in [5, 5.41) is 3.32. The molecule has 74 valence electrons. The zero-order valence-corrected chi connectivity index (χ0v) is 7.79. The van der Waals surface area contributed by atoms with Crippen LogP contribution in [-0.2, 0) is 11.3 Å². The minimum Gasteiger partial charge on any atom is -0.367 e. The second kappa shape index (κ2) is 3.04. The van der Waals surface area contributed by atoms with Crippen molar-refractivity contribution in [1.29, 1.82) is 0 Å². The van der Waals surface area contributed by atoms with Crippen LogP contribution >= 0.6 is 0 Å². The summed E-state index contributed by atoms with van der Waals surface area (Å²) in [6.07, 6.45) is 1.29. The Hall–Kier alpha value is -0.930. The molecule has 2 aliphatic rings. The van der Waals surface area contributed by atoms with Gasteiger partial charge in [-0.05, 0) is 36.2 Å². The molecular formula is C11H12FNO. The van der Waals surface area contributed by atoms with E-state index in [9.17, 15) is 4.39 Å². The van der Waals surface area contributed by atoms with E-state index in [2.05, 4.69) is 5.32 Å². The van der Waals surface area contributed by atoms with Crippen LogP contribution < -0.4 is 5.32 Å². The molecule has 0 aliphatic carbocycles. The van der Waals surface area contributed by atoms with E-state index in [1.165, 1.54) is 6.07 Å². The van der Waals surface area contributed by atoms with E-state index in [4.69, 9.17) is 4.74 Å². The molecule has 1 aromatic rings. The molecule has 0 bridgehead atoms. The molecule has 3 rings (SSSR count). The summed E-state index contributed by atoms with van der Waals surface area (Å²) in [7, 11) is 0. The molecule has 2 heterocycles. The number of nitrogens with one attached hydrogen (secondary N) is 1. The minimum atomic E-state index is -0.172. The van der Waals surface area contributed by atoms with Gasteiger partial charge in [-0.25, -0.2) is 4.39 Å². The summed E-state index contributed by atoms with van der Waals surface area (Å²) in [6, 6.07) is 5.37. The zero-order valence-electron chi connectivity index (χ0n) is 7.79. The second-order valence-corrected chi connectivity index (χ2v) is 3.92. The number of rotatable bonds is 1. The van der Waals surface area contributed by atoms with Gasteiger partial charge in [-0.1, -0.05) is 6.07 Å². The first-order valence-corrected chi connectivity index (χ1v) is 4.98. The van der Waals surface area contributed by atoms with E-state index in [1.54, 1.807) is 6.07 Å². The first kappa shape index (κ1) is 8.38. The first-order valence-electron chi connectivity index (χ1n) is 4.98. The molecule has 0 radical (unpaired) electrons. The Morgan fingerprint density at radius 3 is 3.00 bits per heavy atom. The van der Waals surface area contributed by atoms with Gasteiger partial charge in [0.1, 0.15) is 5.82 Å². The van der Waals surface area contributed by atoms with Gasteiger partial charge in [0.25, 0.3) is 0 Å². The van der Waals surface area contributed by atoms with Gasteiger partial charge in [-0.3, -0.25) is 0 Å². The summed E-state index contributed by atoms with van der Waals surface area (Å²) in [4.78, 5) is 0. The predicted molar refractivity (Wildman–Crippen MR) is 50.3 cm³/mol. The van der Waals surface area contributed by atoms with Gasteiger partial charge in [-0.15, -0.1) is 0 Å². The standard InChI is InChI=1S/C11H12FNO/c12-8-1-2-9-7(5-8)6-14-11(9)10-3-4-13-10/h1-2,5,10-11,13H,3-4,6H2/t10-,11?/m0/s1. The second-order valence-electron chi connectivity index (χ2n) is 3.92. The number of benzene rings is 1. The van der Waals surface area contributed by atoms with Crippen molar-refractivity contribution in [1.82, 2.24) is 5.32 Å². The highest BCUT2D eigenvalue weighted by Gasteiger charge is 2.33. The van der Waals surface area contributed by atoms with Crippen LogP contribution in [0.2, 0.25) is 0 Å². The van der Waals surface area contributed by atoms with Crippen molar-refractivity contribution in [2.24, 2.45) is 0 Å². The van der Waals surface area contributed by atoms with Crippen molar-refractivity contribution in [3.05, 3.63) is 35.1 Å². The average molecular weight is 193 g/mol. The van der Waals surface area contributed by atoms with Gasteiger partial charge in [0.15, 0.2) is 0 Å². The lowest BCUT2D eigenvalue weighted by Gasteiger charge is -2.32. The Kier molecular flexibility index (Phi) is 1.82. The third-order valence-electron chi connectivity index (χ3n) is 3.06. The quantitative estimate of drug-likeness (QED) is 0.733. The van der Waals surface area contributed by atoms with Crippen molar-refractivity contribution >= 4 is 0 Å². The molecule has 0 spiro atoms. The van der Waals surface area contributed by atoms with E-state index >= 15 is 0 Å². The smallest absolute Gasteiger partial charge is 0.123 e. The molecule has 2 aliphatic heterocycles. The monoisotopic (exact) mass is 193 g/mol. The van der Waals surface area contributed by atoms with Gasteiger partial charge < -0.3 is 10.1 Å². The van der Waals surface area contributed by atoms with Crippen LogP contribution in [0.1, 0.15) is 23.7 Å². The molecular weight excluding hydrogens is 181 g/mol. The topological polar surface area (TPSA) is 21.3 Å². The van der Waals surface area contributed by atoms with E-state index in [1.807, 2.05) is 6.07 Å². The molecule has 1 fully saturated rings. The van der Waals surface area contributed by atoms with Crippen LogP contribution in [0.4, 0.5) is 4.39 Å². The zero-order chi connectivity index (χ0) is 9.54. The highest BCUT2D eigenvalue weighted by Crippen LogP contribution is 2.35. The van der Waals surface area contributed by atoms with Crippen LogP contribution in [0.25, 0.3) is 0 Å². The van der Waals surface area contributed by atoms with Gasteiger partial charge >= 0.3 is 0 Å². The maximum atomic E-state index is 12.9. The maximum absolute atomic E-state index is 12.9. The fraction of sp³-hybridized carbons (Fsp3) is 0.455. The van der Waals surface area contributed by atoms with Crippen LogP contribution in [0.5, 0.6) is 0 Å². The minimum absolute atomic E-state index is 0.138. The highest BCUT2D eigenvalue weighted by atomic mass is 19.1. The molecule has 0 saturated carbocycles. The van der Waals surface area contributed by atoms with Crippen LogP contribution in [0, 0.1) is 5.82 Å². The Bertz CT molecular complexity index is 362. The van der Waals surface area contributed by atoms with E-state index < -0.39 is 0 Å². The molecule has 1 unspecified atom stereocenters. The largest absolute Gasteiger partial charge is 0.367 e. The van der Waals surface area contributed by atoms with Crippen LogP contribution in [0.3, 0.4) is 0 Å². The van der Waals surface area contributed by atoms with Crippen molar-refractivity contribution in [2.75, 3.05) is 6.54 Å². The Morgan fingerprint density at radius 1 is 1.43 bits per heavy atom. The molecule has 2 nitrogen and oxygen atoms in total. The van der Waals surface area contributed by atoms with Gasteiger partial charge in [-0.2, -0.15) is 0 Å². The molecule has 1 saturated heterocycles. The lowest BCUT2D eigenvalue weighted by Crippen LogP contribution is -2.46. The highest BCUT2D eigenvalue weighted by molar-refractivity contribution is 5.33. The summed E-state index contributed by atoms with van der Waals surface area (Å²) >= 11 is 0. The molecule has 0 amide bonds. The van der Waals surface area contributed by atoms with Crippen molar-refractivity contribution in [2.45, 2.75) is 25.2 Å².